The second kappa shape index (κ2) is 7.19. The smallest absolute Gasteiger partial charge is 0.321 e. The Morgan fingerprint density at radius 3 is 2.52 bits per heavy atom. The third kappa shape index (κ3) is 4.42. The molecule has 0 saturated carbocycles. The molecule has 5 nitrogen and oxygen atoms in total. The van der Waals surface area contributed by atoms with E-state index in [0.29, 0.717) is 17.2 Å². The molecule has 0 fully saturated rings. The number of hydrogen-bond donors (Lipinski definition) is 2. The second-order valence-corrected chi connectivity index (χ2v) is 4.43. The van der Waals surface area contributed by atoms with Crippen LogP contribution in [0, 0.1) is 6.92 Å². The number of carbonyl (C=O) groups is 1. The number of urea groups is 1. The van der Waals surface area contributed by atoms with Crippen molar-refractivity contribution < 1.29 is 14.3 Å². The maximum atomic E-state index is 11.8. The molecule has 21 heavy (non-hydrogen) atoms. The van der Waals surface area contributed by atoms with Gasteiger partial charge in [0.15, 0.2) is 6.73 Å². The molecule has 0 radical (unpaired) electrons. The highest BCUT2D eigenvalue weighted by Crippen LogP contribution is 2.22. The van der Waals surface area contributed by atoms with Crippen LogP contribution in [0.1, 0.15) is 5.56 Å². The number of amides is 2. The van der Waals surface area contributed by atoms with Crippen molar-refractivity contribution in [2.45, 2.75) is 6.92 Å². The average molecular weight is 286 g/mol. The normalized spacial score (nSPS) is 9.81. The van der Waals surface area contributed by atoms with E-state index < -0.39 is 0 Å². The molecule has 0 aromatic heterocycles. The Morgan fingerprint density at radius 1 is 1.10 bits per heavy atom. The molecule has 2 aromatic carbocycles. The van der Waals surface area contributed by atoms with Crippen LogP contribution in [0.5, 0.6) is 11.5 Å². The van der Waals surface area contributed by atoms with Gasteiger partial charge in [0.2, 0.25) is 0 Å². The number of anilines is 1. The van der Waals surface area contributed by atoms with Gasteiger partial charge in [-0.05, 0) is 31.2 Å². The first-order chi connectivity index (χ1) is 10.2. The minimum atomic E-state index is -0.355. The fourth-order valence-electron chi connectivity index (χ4n) is 1.73. The number of rotatable bonds is 5. The van der Waals surface area contributed by atoms with Gasteiger partial charge in [0.05, 0.1) is 12.8 Å². The van der Waals surface area contributed by atoms with Gasteiger partial charge < -0.3 is 20.1 Å². The van der Waals surface area contributed by atoms with Gasteiger partial charge in [-0.3, -0.25) is 0 Å². The summed E-state index contributed by atoms with van der Waals surface area (Å²) in [7, 11) is 1.55. The Bertz CT molecular complexity index is 597. The van der Waals surface area contributed by atoms with Gasteiger partial charge in [-0.25, -0.2) is 4.79 Å². The SMILES string of the molecule is COc1ccccc1NC(=O)NCOc1ccc(C)cc1. The van der Waals surface area contributed by atoms with Crippen molar-refractivity contribution >= 4 is 11.7 Å². The minimum Gasteiger partial charge on any atom is -0.495 e. The van der Waals surface area contributed by atoms with Crippen molar-refractivity contribution in [2.75, 3.05) is 19.2 Å². The summed E-state index contributed by atoms with van der Waals surface area (Å²) in [6.07, 6.45) is 0. The van der Waals surface area contributed by atoms with Crippen LogP contribution in [-0.2, 0) is 0 Å². The van der Waals surface area contributed by atoms with E-state index in [1.807, 2.05) is 43.3 Å². The molecule has 2 rings (SSSR count). The number of carbonyl (C=O) groups excluding carboxylic acids is 1. The molecule has 0 atom stereocenters. The van der Waals surface area contributed by atoms with Crippen LogP contribution in [0.15, 0.2) is 48.5 Å². The van der Waals surface area contributed by atoms with E-state index in [1.54, 1.807) is 19.2 Å². The van der Waals surface area contributed by atoms with Crippen molar-refractivity contribution in [3.63, 3.8) is 0 Å². The fourth-order valence-corrected chi connectivity index (χ4v) is 1.73. The van der Waals surface area contributed by atoms with Crippen LogP contribution >= 0.6 is 0 Å². The molecule has 2 amide bonds. The molecule has 0 heterocycles. The van der Waals surface area contributed by atoms with Gasteiger partial charge >= 0.3 is 6.03 Å². The lowest BCUT2D eigenvalue weighted by molar-refractivity contribution is 0.234. The van der Waals surface area contributed by atoms with E-state index in [-0.39, 0.29) is 12.8 Å². The Labute approximate surface area is 123 Å². The zero-order chi connectivity index (χ0) is 15.1. The molecule has 0 aliphatic rings. The predicted octanol–water partition coefficient (Wildman–Crippen LogP) is 3.16. The number of benzene rings is 2. The largest absolute Gasteiger partial charge is 0.495 e. The minimum absolute atomic E-state index is 0.0873. The molecule has 2 aromatic rings. The summed E-state index contributed by atoms with van der Waals surface area (Å²) in [6.45, 7) is 2.09. The molecular weight excluding hydrogens is 268 g/mol. The monoisotopic (exact) mass is 286 g/mol. The average Bonchev–Trinajstić information content (AvgIpc) is 2.50. The predicted molar refractivity (Wildman–Crippen MR) is 81.8 cm³/mol. The van der Waals surface area contributed by atoms with E-state index >= 15 is 0 Å². The number of ether oxygens (including phenoxy) is 2. The van der Waals surface area contributed by atoms with Gasteiger partial charge in [0, 0.05) is 0 Å². The second-order valence-electron chi connectivity index (χ2n) is 4.43. The summed E-state index contributed by atoms with van der Waals surface area (Å²) in [5.41, 5.74) is 1.76. The summed E-state index contributed by atoms with van der Waals surface area (Å²) in [4.78, 5) is 11.8. The van der Waals surface area contributed by atoms with Gasteiger partial charge in [-0.1, -0.05) is 29.8 Å². The first kappa shape index (κ1) is 14.7. The molecule has 2 N–H and O–H groups in total. The van der Waals surface area contributed by atoms with Crippen LogP contribution in [0.3, 0.4) is 0 Å². The molecule has 0 aliphatic heterocycles. The highest BCUT2D eigenvalue weighted by atomic mass is 16.5. The van der Waals surface area contributed by atoms with Crippen molar-refractivity contribution in [2.24, 2.45) is 0 Å². The lowest BCUT2D eigenvalue weighted by Gasteiger charge is -2.11. The van der Waals surface area contributed by atoms with E-state index in [4.69, 9.17) is 9.47 Å². The van der Waals surface area contributed by atoms with Crippen molar-refractivity contribution in [3.05, 3.63) is 54.1 Å². The van der Waals surface area contributed by atoms with Crippen LogP contribution in [-0.4, -0.2) is 19.9 Å². The lowest BCUT2D eigenvalue weighted by atomic mass is 10.2. The van der Waals surface area contributed by atoms with Crippen LogP contribution in [0.2, 0.25) is 0 Å². The molecule has 0 aliphatic carbocycles. The standard InChI is InChI=1S/C16H18N2O3/c1-12-7-9-13(10-8-12)21-11-17-16(19)18-14-5-3-4-6-15(14)20-2/h3-10H,11H2,1-2H3,(H2,17,18,19). The molecule has 0 bridgehead atoms. The highest BCUT2D eigenvalue weighted by Gasteiger charge is 2.05. The number of nitrogens with one attached hydrogen (secondary N) is 2. The first-order valence-electron chi connectivity index (χ1n) is 6.56. The molecule has 0 unspecified atom stereocenters. The molecule has 0 saturated heterocycles. The molecular formula is C16H18N2O3. The quantitative estimate of drug-likeness (QED) is 0.830. The van der Waals surface area contributed by atoms with E-state index in [2.05, 4.69) is 10.6 Å². The highest BCUT2D eigenvalue weighted by molar-refractivity contribution is 5.90. The zero-order valence-corrected chi connectivity index (χ0v) is 12.1. The number of para-hydroxylation sites is 2. The Morgan fingerprint density at radius 2 is 1.81 bits per heavy atom. The summed E-state index contributed by atoms with van der Waals surface area (Å²) < 4.78 is 10.6. The van der Waals surface area contributed by atoms with Crippen LogP contribution < -0.4 is 20.1 Å². The van der Waals surface area contributed by atoms with Gasteiger partial charge in [-0.2, -0.15) is 0 Å². The summed E-state index contributed by atoms with van der Waals surface area (Å²) in [6, 6.07) is 14.5. The molecule has 110 valence electrons. The number of hydrogen-bond acceptors (Lipinski definition) is 3. The maximum Gasteiger partial charge on any atom is 0.321 e. The number of methoxy groups -OCH3 is 1. The van der Waals surface area contributed by atoms with Gasteiger partial charge in [0.1, 0.15) is 11.5 Å². The Kier molecular flexibility index (Phi) is 5.04. The van der Waals surface area contributed by atoms with Gasteiger partial charge in [0.25, 0.3) is 0 Å². The van der Waals surface area contributed by atoms with Crippen molar-refractivity contribution in [1.82, 2.24) is 5.32 Å². The summed E-state index contributed by atoms with van der Waals surface area (Å²) >= 11 is 0. The Balaban J connectivity index is 1.81. The van der Waals surface area contributed by atoms with E-state index in [9.17, 15) is 4.79 Å². The third-order valence-corrected chi connectivity index (χ3v) is 2.85. The Hall–Kier alpha value is -2.69. The van der Waals surface area contributed by atoms with Crippen molar-refractivity contribution in [1.29, 1.82) is 0 Å². The van der Waals surface area contributed by atoms with Crippen molar-refractivity contribution in [3.8, 4) is 11.5 Å². The zero-order valence-electron chi connectivity index (χ0n) is 12.1. The number of aryl methyl sites for hydroxylation is 1. The van der Waals surface area contributed by atoms with Crippen LogP contribution in [0.25, 0.3) is 0 Å². The summed E-state index contributed by atoms with van der Waals surface area (Å²) in [5, 5.41) is 5.32. The molecule has 0 spiro atoms. The maximum absolute atomic E-state index is 11.8. The lowest BCUT2D eigenvalue weighted by Crippen LogP contribution is -2.32. The fraction of sp³-hybridized carbons (Fsp3) is 0.188. The first-order valence-corrected chi connectivity index (χ1v) is 6.56. The third-order valence-electron chi connectivity index (χ3n) is 2.85. The van der Waals surface area contributed by atoms with E-state index in [1.165, 1.54) is 0 Å². The van der Waals surface area contributed by atoms with Crippen LogP contribution in [0.4, 0.5) is 10.5 Å². The van der Waals surface area contributed by atoms with E-state index in [0.717, 1.165) is 5.56 Å². The topological polar surface area (TPSA) is 59.6 Å². The van der Waals surface area contributed by atoms with Gasteiger partial charge in [-0.15, -0.1) is 0 Å². The molecule has 5 heteroatoms. The summed E-state index contributed by atoms with van der Waals surface area (Å²) in [5.74, 6) is 1.31.